The van der Waals surface area contributed by atoms with E-state index < -0.39 is 29.8 Å². The molecule has 0 spiro atoms. The molecule has 2 heterocycles. The summed E-state index contributed by atoms with van der Waals surface area (Å²) in [4.78, 5) is 74.4. The molecule has 1 aromatic heterocycles. The van der Waals surface area contributed by atoms with Gasteiger partial charge in [-0.05, 0) is 68.8 Å². The first-order chi connectivity index (χ1) is 24.6. The van der Waals surface area contributed by atoms with Gasteiger partial charge in [0.15, 0.2) is 5.78 Å². The van der Waals surface area contributed by atoms with E-state index in [4.69, 9.17) is 9.47 Å². The van der Waals surface area contributed by atoms with Crippen molar-refractivity contribution in [1.82, 2.24) is 20.1 Å². The topological polar surface area (TPSA) is 135 Å². The molecule has 2 amide bonds. The third kappa shape index (κ3) is 12.2. The number of piperidine rings is 1. The molecule has 3 rings (SSSR count). The van der Waals surface area contributed by atoms with Gasteiger partial charge < -0.3 is 19.7 Å². The fourth-order valence-corrected chi connectivity index (χ4v) is 7.23. The maximum atomic E-state index is 14.1. The number of nitrogens with one attached hydrogen (secondary N) is 1. The second kappa shape index (κ2) is 20.2. The van der Waals surface area contributed by atoms with Gasteiger partial charge in [0.2, 0.25) is 5.91 Å². The van der Waals surface area contributed by atoms with E-state index in [0.717, 1.165) is 31.4 Å². The van der Waals surface area contributed by atoms with Crippen molar-refractivity contribution in [2.75, 3.05) is 27.7 Å². The average Bonchev–Trinajstić information content (AvgIpc) is 3.11. The lowest BCUT2D eigenvalue weighted by atomic mass is 9.84. The van der Waals surface area contributed by atoms with Crippen molar-refractivity contribution < 1.29 is 33.4 Å². The van der Waals surface area contributed by atoms with Crippen molar-refractivity contribution in [3.63, 3.8) is 0 Å². The number of nitrogens with zero attached hydrogens (tertiary/aromatic N) is 3. The molecular weight excluding hydrogens is 660 g/mol. The number of hydrogen-bond donors (Lipinski definition) is 1. The lowest BCUT2D eigenvalue weighted by Crippen LogP contribution is -2.48. The van der Waals surface area contributed by atoms with Gasteiger partial charge in [0.1, 0.15) is 11.8 Å². The molecule has 0 aliphatic carbocycles. The monoisotopic (exact) mass is 720 g/mol. The Bertz CT molecular complexity index is 1500. The predicted octanol–water partition coefficient (Wildman–Crippen LogP) is 5.81. The van der Waals surface area contributed by atoms with E-state index in [1.165, 1.54) is 14.0 Å². The van der Waals surface area contributed by atoms with Crippen LogP contribution in [0.4, 0.5) is 0 Å². The first kappa shape index (κ1) is 42.3. The number of pyridine rings is 1. The molecule has 6 atom stereocenters. The van der Waals surface area contributed by atoms with Crippen LogP contribution >= 0.6 is 0 Å². The molecular formula is C41H60N4O7. The predicted molar refractivity (Wildman–Crippen MR) is 200 cm³/mol. The normalized spacial score (nSPS) is 17.8. The molecule has 11 nitrogen and oxygen atoms in total. The highest BCUT2D eigenvalue weighted by atomic mass is 16.5. The molecule has 1 N–H and O–H groups in total. The Morgan fingerprint density at radius 1 is 0.942 bits per heavy atom. The van der Waals surface area contributed by atoms with Crippen LogP contribution in [-0.2, 0) is 35.1 Å². The summed E-state index contributed by atoms with van der Waals surface area (Å²) in [6, 6.07) is 13.8. The largest absolute Gasteiger partial charge is 0.469 e. The van der Waals surface area contributed by atoms with Gasteiger partial charge in [-0.15, -0.1) is 0 Å². The van der Waals surface area contributed by atoms with Gasteiger partial charge in [-0.3, -0.25) is 28.9 Å². The molecule has 11 heteroatoms. The minimum Gasteiger partial charge on any atom is -0.469 e. The van der Waals surface area contributed by atoms with Crippen LogP contribution < -0.4 is 5.32 Å². The van der Waals surface area contributed by atoms with Gasteiger partial charge >= 0.3 is 11.9 Å². The van der Waals surface area contributed by atoms with E-state index in [1.807, 2.05) is 65.1 Å². The van der Waals surface area contributed by atoms with Crippen LogP contribution in [0.2, 0.25) is 0 Å². The molecule has 1 aromatic carbocycles. The van der Waals surface area contributed by atoms with Gasteiger partial charge in [0.05, 0.1) is 24.8 Å². The number of benzene rings is 1. The summed E-state index contributed by atoms with van der Waals surface area (Å²) in [5.41, 5.74) is 1.52. The maximum absolute atomic E-state index is 14.1. The van der Waals surface area contributed by atoms with E-state index in [1.54, 1.807) is 37.1 Å². The molecule has 2 aromatic rings. The molecule has 1 saturated heterocycles. The quantitative estimate of drug-likeness (QED) is 0.189. The highest BCUT2D eigenvalue weighted by Crippen LogP contribution is 2.30. The number of carbonyl (C=O) groups excluding carboxylic acids is 5. The molecule has 1 aliphatic heterocycles. The lowest BCUT2D eigenvalue weighted by molar-refractivity contribution is -0.150. The van der Waals surface area contributed by atoms with Gasteiger partial charge in [0.25, 0.3) is 5.91 Å². The molecule has 0 radical (unpaired) electrons. The second-order valence-electron chi connectivity index (χ2n) is 15.1. The lowest BCUT2D eigenvalue weighted by Gasteiger charge is -2.37. The number of Topliss-reactive ketones (excluding diaryl/α,β-unsaturated/α-hetero) is 1. The Balaban J connectivity index is 1.84. The number of esters is 2. The zero-order chi connectivity index (χ0) is 38.5. The Labute approximate surface area is 310 Å². The van der Waals surface area contributed by atoms with E-state index in [9.17, 15) is 24.0 Å². The summed E-state index contributed by atoms with van der Waals surface area (Å²) < 4.78 is 10.7. The molecule has 1 aliphatic rings. The molecule has 52 heavy (non-hydrogen) atoms. The molecule has 286 valence electrons. The fraction of sp³-hybridized carbons (Fsp3) is 0.610. The SMILES string of the molecule is COC(=O)[C@@H](C)C[C@H](Cc1ccccc1)NC(=O)c1cccc([C@@H](C[C@H](C(C)C)N(C)C(=O)[C@@H](CC(=O)[C@H]2CCCCN2C)C(C)C)OC(C)=O)n1. The Morgan fingerprint density at radius 2 is 1.63 bits per heavy atom. The fourth-order valence-electron chi connectivity index (χ4n) is 7.23. The van der Waals surface area contributed by atoms with Gasteiger partial charge in [-0.2, -0.15) is 0 Å². The van der Waals surface area contributed by atoms with Crippen LogP contribution in [0.3, 0.4) is 0 Å². The van der Waals surface area contributed by atoms with E-state index in [2.05, 4.69) is 15.2 Å². The zero-order valence-corrected chi connectivity index (χ0v) is 32.6. The average molecular weight is 721 g/mol. The van der Waals surface area contributed by atoms with Crippen LogP contribution in [-0.4, -0.2) is 90.2 Å². The third-order valence-corrected chi connectivity index (χ3v) is 10.3. The highest BCUT2D eigenvalue weighted by molar-refractivity contribution is 5.92. The Kier molecular flexibility index (Phi) is 16.4. The van der Waals surface area contributed by atoms with Gasteiger partial charge in [-0.25, -0.2) is 4.98 Å². The van der Waals surface area contributed by atoms with Crippen LogP contribution in [0.25, 0.3) is 0 Å². The third-order valence-electron chi connectivity index (χ3n) is 10.3. The van der Waals surface area contributed by atoms with Crippen molar-refractivity contribution in [1.29, 1.82) is 0 Å². The van der Waals surface area contributed by atoms with Crippen LogP contribution in [0.5, 0.6) is 0 Å². The van der Waals surface area contributed by atoms with Crippen molar-refractivity contribution in [2.24, 2.45) is 23.7 Å². The summed E-state index contributed by atoms with van der Waals surface area (Å²) in [5, 5.41) is 3.06. The summed E-state index contributed by atoms with van der Waals surface area (Å²) >= 11 is 0. The van der Waals surface area contributed by atoms with E-state index in [0.29, 0.717) is 18.5 Å². The number of rotatable bonds is 18. The summed E-state index contributed by atoms with van der Waals surface area (Å²) in [5.74, 6) is -2.32. The van der Waals surface area contributed by atoms with Crippen molar-refractivity contribution in [2.45, 2.75) is 111 Å². The number of likely N-dealkylation sites (tertiary alicyclic amines) is 1. The van der Waals surface area contributed by atoms with Crippen LogP contribution in [0.1, 0.15) is 108 Å². The van der Waals surface area contributed by atoms with Crippen LogP contribution in [0, 0.1) is 23.7 Å². The molecule has 1 fully saturated rings. The van der Waals surface area contributed by atoms with Crippen LogP contribution in [0.15, 0.2) is 48.5 Å². The first-order valence-corrected chi connectivity index (χ1v) is 18.7. The summed E-state index contributed by atoms with van der Waals surface area (Å²) in [6.45, 7) is 11.9. The molecule has 0 unspecified atom stereocenters. The number of methoxy groups -OCH3 is 1. The summed E-state index contributed by atoms with van der Waals surface area (Å²) in [7, 11) is 5.08. The summed E-state index contributed by atoms with van der Waals surface area (Å²) in [6.07, 6.45) is 3.33. The first-order valence-electron chi connectivity index (χ1n) is 18.7. The zero-order valence-electron chi connectivity index (χ0n) is 32.6. The Morgan fingerprint density at radius 3 is 2.23 bits per heavy atom. The van der Waals surface area contributed by atoms with Gasteiger partial charge in [-0.1, -0.05) is 77.4 Å². The van der Waals surface area contributed by atoms with Crippen molar-refractivity contribution >= 4 is 29.5 Å². The number of ketones is 1. The van der Waals surface area contributed by atoms with E-state index in [-0.39, 0.29) is 66.2 Å². The van der Waals surface area contributed by atoms with Crippen molar-refractivity contribution in [3.05, 3.63) is 65.5 Å². The number of carbonyl (C=O) groups is 5. The number of likely N-dealkylation sites (N-methyl/N-ethyl adjacent to an activating group) is 1. The van der Waals surface area contributed by atoms with Crippen molar-refractivity contribution in [3.8, 4) is 0 Å². The number of amides is 2. The Hall–Kier alpha value is -4.12. The number of hydrogen-bond acceptors (Lipinski definition) is 9. The number of aromatic nitrogens is 1. The standard InChI is InChI=1S/C41H60N4O7/c1-26(2)32(24-37(47)35-20-13-14-21-44(35)7)40(49)45(8)36(27(3)4)25-38(52-29(6)46)33-18-15-19-34(43-33)39(48)42-31(22-28(5)41(50)51-9)23-30-16-11-10-12-17-30/h10-12,15-19,26-28,31-32,35-36,38H,13-14,20-25H2,1-9H3,(H,42,48)/t28-,31+,32-,35+,36+,38+/m0/s1. The number of ether oxygens (including phenoxy) is 2. The minimum absolute atomic E-state index is 0.0259. The second-order valence-corrected chi connectivity index (χ2v) is 15.1. The maximum Gasteiger partial charge on any atom is 0.308 e. The molecule has 0 bridgehead atoms. The van der Waals surface area contributed by atoms with E-state index >= 15 is 0 Å². The highest BCUT2D eigenvalue weighted by Gasteiger charge is 2.37. The minimum atomic E-state index is -0.845. The van der Waals surface area contributed by atoms with Gasteiger partial charge in [0, 0.05) is 44.8 Å². The molecule has 0 saturated carbocycles. The smallest absolute Gasteiger partial charge is 0.308 e.